The number of rotatable bonds is 3. The molecule has 0 bridgehead atoms. The van der Waals surface area contributed by atoms with Gasteiger partial charge in [-0.25, -0.2) is 0 Å². The smallest absolute Gasteiger partial charge is 0.264 e. The Labute approximate surface area is 172 Å². The highest BCUT2D eigenvalue weighted by molar-refractivity contribution is 7.27. The molecule has 0 radical (unpaired) electrons. The minimum absolute atomic E-state index is 0. The predicted octanol–water partition coefficient (Wildman–Crippen LogP) is 2.42. The van der Waals surface area contributed by atoms with Crippen LogP contribution in [0, 0.1) is 5.92 Å². The summed E-state index contributed by atoms with van der Waals surface area (Å²) in [5.74, 6) is 0.287. The number of carbonyl (C=O) groups is 2. The first-order valence-corrected chi connectivity index (χ1v) is 10.7. The minimum Gasteiger partial charge on any atom is -0.381 e. The van der Waals surface area contributed by atoms with E-state index in [1.54, 1.807) is 22.7 Å². The molecule has 0 spiro atoms. The quantitative estimate of drug-likeness (QED) is 0.812. The van der Waals surface area contributed by atoms with Crippen molar-refractivity contribution in [2.24, 2.45) is 11.7 Å². The molecule has 2 fully saturated rings. The van der Waals surface area contributed by atoms with Crippen LogP contribution in [-0.2, 0) is 9.53 Å². The molecular weight excluding hydrogens is 406 g/mol. The maximum Gasteiger partial charge on any atom is 0.264 e. The van der Waals surface area contributed by atoms with Crippen molar-refractivity contribution < 1.29 is 14.3 Å². The van der Waals surface area contributed by atoms with E-state index in [0.29, 0.717) is 39.4 Å². The number of hydrogen-bond donors (Lipinski definition) is 1. The number of nitrogens with zero attached hydrogens (tertiary/aromatic N) is 2. The molecule has 2 aromatic heterocycles. The molecule has 2 N–H and O–H groups in total. The lowest BCUT2D eigenvalue weighted by Crippen LogP contribution is -2.56. The number of thiophene rings is 2. The van der Waals surface area contributed by atoms with Gasteiger partial charge in [-0.2, -0.15) is 0 Å². The number of amides is 2. The van der Waals surface area contributed by atoms with E-state index in [9.17, 15) is 9.59 Å². The molecule has 27 heavy (non-hydrogen) atoms. The first kappa shape index (κ1) is 20.5. The molecule has 2 aliphatic rings. The van der Waals surface area contributed by atoms with Crippen LogP contribution in [0.1, 0.15) is 22.5 Å². The summed E-state index contributed by atoms with van der Waals surface area (Å²) < 4.78 is 7.67. The van der Waals surface area contributed by atoms with E-state index in [-0.39, 0.29) is 30.1 Å². The molecule has 2 aromatic rings. The maximum atomic E-state index is 12.7. The first-order valence-electron chi connectivity index (χ1n) is 9.02. The summed E-state index contributed by atoms with van der Waals surface area (Å²) in [4.78, 5) is 29.9. The molecule has 2 amide bonds. The Hall–Kier alpha value is -1.19. The summed E-state index contributed by atoms with van der Waals surface area (Å²) in [6.45, 7) is 3.62. The molecule has 148 valence electrons. The van der Waals surface area contributed by atoms with E-state index >= 15 is 0 Å². The Morgan fingerprint density at radius 1 is 1.11 bits per heavy atom. The zero-order valence-corrected chi connectivity index (χ0v) is 17.4. The van der Waals surface area contributed by atoms with Crippen LogP contribution in [0.2, 0.25) is 0 Å². The average Bonchev–Trinajstić information content (AvgIpc) is 3.29. The fraction of sp³-hybridized carbons (Fsp3) is 0.556. The fourth-order valence-corrected chi connectivity index (χ4v) is 5.72. The molecule has 2 saturated heterocycles. The second-order valence-corrected chi connectivity index (χ2v) is 8.88. The molecule has 2 aliphatic heterocycles. The molecule has 0 saturated carbocycles. The highest BCUT2D eigenvalue weighted by Gasteiger charge is 2.32. The van der Waals surface area contributed by atoms with E-state index in [1.165, 1.54) is 0 Å². The van der Waals surface area contributed by atoms with E-state index < -0.39 is 6.04 Å². The number of piperazine rings is 1. The summed E-state index contributed by atoms with van der Waals surface area (Å²) in [6, 6.07) is 3.58. The summed E-state index contributed by atoms with van der Waals surface area (Å²) in [6.07, 6.45) is 1.70. The van der Waals surface area contributed by atoms with Gasteiger partial charge in [-0.3, -0.25) is 9.59 Å². The van der Waals surface area contributed by atoms with Gasteiger partial charge in [0.15, 0.2) is 0 Å². The van der Waals surface area contributed by atoms with Crippen molar-refractivity contribution in [3.8, 4) is 0 Å². The molecular formula is C18H24ClN3O3S2. The van der Waals surface area contributed by atoms with Crippen molar-refractivity contribution in [2.75, 3.05) is 39.4 Å². The van der Waals surface area contributed by atoms with Crippen LogP contribution in [0.5, 0.6) is 0 Å². The van der Waals surface area contributed by atoms with Crippen molar-refractivity contribution in [3.05, 3.63) is 22.4 Å². The summed E-state index contributed by atoms with van der Waals surface area (Å²) in [7, 11) is 0. The number of fused-ring (bicyclic) bond motifs is 1. The zero-order valence-electron chi connectivity index (χ0n) is 15.0. The van der Waals surface area contributed by atoms with Crippen molar-refractivity contribution in [1.29, 1.82) is 0 Å². The highest BCUT2D eigenvalue weighted by atomic mass is 35.5. The Bertz CT molecular complexity index is 766. The number of halogens is 1. The molecule has 9 heteroatoms. The Morgan fingerprint density at radius 3 is 2.44 bits per heavy atom. The van der Waals surface area contributed by atoms with Gasteiger partial charge in [-0.1, -0.05) is 0 Å². The second kappa shape index (κ2) is 8.87. The summed E-state index contributed by atoms with van der Waals surface area (Å²) in [5.41, 5.74) is 6.22. The number of carbonyl (C=O) groups excluding carboxylic acids is 2. The summed E-state index contributed by atoms with van der Waals surface area (Å²) in [5, 5.41) is 2.04. The van der Waals surface area contributed by atoms with Gasteiger partial charge >= 0.3 is 0 Å². The Balaban J connectivity index is 0.00000210. The molecule has 6 nitrogen and oxygen atoms in total. The van der Waals surface area contributed by atoms with Crippen LogP contribution in [-0.4, -0.2) is 67.0 Å². The van der Waals surface area contributed by atoms with Crippen molar-refractivity contribution in [1.82, 2.24) is 9.80 Å². The van der Waals surface area contributed by atoms with E-state index in [4.69, 9.17) is 10.5 Å². The van der Waals surface area contributed by atoms with Crippen molar-refractivity contribution >= 4 is 56.3 Å². The van der Waals surface area contributed by atoms with Crippen LogP contribution >= 0.6 is 35.1 Å². The summed E-state index contributed by atoms with van der Waals surface area (Å²) >= 11 is 3.20. The number of ether oxygens (including phenoxy) is 1. The fourth-order valence-electron chi connectivity index (χ4n) is 3.64. The van der Waals surface area contributed by atoms with E-state index in [1.807, 2.05) is 21.2 Å². The molecule has 1 atom stereocenters. The lowest BCUT2D eigenvalue weighted by Gasteiger charge is -2.37. The topological polar surface area (TPSA) is 75.9 Å². The predicted molar refractivity (Wildman–Crippen MR) is 111 cm³/mol. The monoisotopic (exact) mass is 429 g/mol. The molecule has 1 unspecified atom stereocenters. The first-order chi connectivity index (χ1) is 12.6. The highest BCUT2D eigenvalue weighted by Crippen LogP contribution is 2.31. The molecule has 0 aliphatic carbocycles. The lowest BCUT2D eigenvalue weighted by molar-refractivity contribution is -0.136. The van der Waals surface area contributed by atoms with E-state index in [2.05, 4.69) is 6.07 Å². The standard InChI is InChI=1S/C18H23N3O3S2.ClH/c19-16(12-1-8-24-9-2-12)18(23)21-6-4-20(5-7-21)17(22)15-11-14-13(26-15)3-10-25-14;/h3,10-12,16H,1-2,4-9,19H2;1H. The molecule has 0 aromatic carbocycles. The van der Waals surface area contributed by atoms with Gasteiger partial charge in [0, 0.05) is 48.8 Å². The number of nitrogens with two attached hydrogens (primary N) is 1. The maximum absolute atomic E-state index is 12.7. The van der Waals surface area contributed by atoms with Gasteiger partial charge in [0.2, 0.25) is 5.91 Å². The third-order valence-electron chi connectivity index (χ3n) is 5.29. The Kier molecular flexibility index (Phi) is 6.75. The van der Waals surface area contributed by atoms with Gasteiger partial charge in [-0.15, -0.1) is 35.1 Å². The van der Waals surface area contributed by atoms with Crippen LogP contribution in [0.3, 0.4) is 0 Å². The normalized spacial score (nSPS) is 19.7. The second-order valence-electron chi connectivity index (χ2n) is 6.85. The molecule has 4 heterocycles. The Morgan fingerprint density at radius 2 is 1.78 bits per heavy atom. The average molecular weight is 430 g/mol. The van der Waals surface area contributed by atoms with E-state index in [0.717, 1.165) is 27.1 Å². The number of hydrogen-bond acceptors (Lipinski definition) is 6. The van der Waals surface area contributed by atoms with Crippen LogP contribution in [0.15, 0.2) is 17.5 Å². The largest absolute Gasteiger partial charge is 0.381 e. The van der Waals surface area contributed by atoms with Crippen LogP contribution in [0.4, 0.5) is 0 Å². The third kappa shape index (κ3) is 4.30. The third-order valence-corrected chi connectivity index (χ3v) is 7.37. The minimum atomic E-state index is -0.453. The zero-order chi connectivity index (χ0) is 18.1. The van der Waals surface area contributed by atoms with Gasteiger partial charge in [-0.05, 0) is 36.3 Å². The van der Waals surface area contributed by atoms with Gasteiger partial charge in [0.05, 0.1) is 10.9 Å². The van der Waals surface area contributed by atoms with Crippen LogP contribution < -0.4 is 5.73 Å². The van der Waals surface area contributed by atoms with Gasteiger partial charge < -0.3 is 20.3 Å². The lowest BCUT2D eigenvalue weighted by atomic mass is 9.91. The van der Waals surface area contributed by atoms with Crippen molar-refractivity contribution in [3.63, 3.8) is 0 Å². The van der Waals surface area contributed by atoms with Gasteiger partial charge in [0.1, 0.15) is 0 Å². The van der Waals surface area contributed by atoms with Crippen molar-refractivity contribution in [2.45, 2.75) is 18.9 Å². The van der Waals surface area contributed by atoms with Gasteiger partial charge in [0.25, 0.3) is 5.91 Å². The SMILES string of the molecule is Cl.NC(C(=O)N1CCN(C(=O)c2cc3sccc3s2)CC1)C1CCOCC1. The van der Waals surface area contributed by atoms with Crippen LogP contribution in [0.25, 0.3) is 9.40 Å². The molecule has 4 rings (SSSR count).